The van der Waals surface area contributed by atoms with Crippen LogP contribution in [0, 0.1) is 11.6 Å². The first-order chi connectivity index (χ1) is 13.6. The van der Waals surface area contributed by atoms with Crippen LogP contribution in [0.1, 0.15) is 64.1 Å². The van der Waals surface area contributed by atoms with E-state index in [0.717, 1.165) is 23.9 Å². The fourth-order valence-corrected chi connectivity index (χ4v) is 4.52. The van der Waals surface area contributed by atoms with E-state index in [1.807, 2.05) is 24.3 Å². The van der Waals surface area contributed by atoms with E-state index >= 15 is 0 Å². The second kappa shape index (κ2) is 7.33. The molecule has 6 heteroatoms. The zero-order chi connectivity index (χ0) is 20.8. The van der Waals surface area contributed by atoms with E-state index in [9.17, 15) is 8.78 Å². The van der Waals surface area contributed by atoms with Gasteiger partial charge in [-0.05, 0) is 63.7 Å². The minimum absolute atomic E-state index is 0.0000820. The largest absolute Gasteiger partial charge is 0.494 e. The summed E-state index contributed by atoms with van der Waals surface area (Å²) in [4.78, 5) is 4.61. The maximum atomic E-state index is 14.1. The predicted molar refractivity (Wildman–Crippen MR) is 112 cm³/mol. The highest BCUT2D eigenvalue weighted by molar-refractivity contribution is 6.61. The van der Waals surface area contributed by atoms with E-state index in [1.165, 1.54) is 18.2 Å². The summed E-state index contributed by atoms with van der Waals surface area (Å²) in [5.74, 6) is -1.12. The first-order valence-electron chi connectivity index (χ1n) is 10.1. The van der Waals surface area contributed by atoms with Gasteiger partial charge >= 0.3 is 7.12 Å². The van der Waals surface area contributed by atoms with Crippen molar-refractivity contribution in [1.82, 2.24) is 0 Å². The van der Waals surface area contributed by atoms with Crippen LogP contribution in [0.25, 0.3) is 0 Å². The zero-order valence-corrected chi connectivity index (χ0v) is 17.3. The molecule has 2 aliphatic rings. The van der Waals surface area contributed by atoms with Crippen LogP contribution in [0.4, 0.5) is 8.78 Å². The molecule has 0 aliphatic carbocycles. The van der Waals surface area contributed by atoms with E-state index in [2.05, 4.69) is 32.7 Å². The van der Waals surface area contributed by atoms with E-state index in [0.29, 0.717) is 12.1 Å². The summed E-state index contributed by atoms with van der Waals surface area (Å²) in [5, 5.41) is 0. The average Bonchev–Trinajstić information content (AvgIpc) is 3.09. The minimum atomic E-state index is -0.559. The van der Waals surface area contributed by atoms with Gasteiger partial charge in [0.1, 0.15) is 11.6 Å². The number of benzene rings is 2. The van der Waals surface area contributed by atoms with Crippen molar-refractivity contribution < 1.29 is 18.1 Å². The first kappa shape index (κ1) is 20.2. The molecule has 29 heavy (non-hydrogen) atoms. The number of rotatable bonds is 3. The monoisotopic (exact) mass is 397 g/mol. The third-order valence-electron chi connectivity index (χ3n) is 5.51. The first-order valence-corrected chi connectivity index (χ1v) is 10.1. The number of nitrogens with zero attached hydrogens (tertiary/aromatic N) is 1. The number of halogens is 2. The lowest BCUT2D eigenvalue weighted by Crippen LogP contribution is -2.56. The third-order valence-corrected chi connectivity index (χ3v) is 5.51. The van der Waals surface area contributed by atoms with Crippen LogP contribution < -0.4 is 5.46 Å². The van der Waals surface area contributed by atoms with Gasteiger partial charge in [-0.3, -0.25) is 4.99 Å². The molecule has 0 aromatic heterocycles. The molecule has 0 spiro atoms. The van der Waals surface area contributed by atoms with Crippen LogP contribution in [0.3, 0.4) is 0 Å². The highest BCUT2D eigenvalue weighted by atomic mass is 19.1. The summed E-state index contributed by atoms with van der Waals surface area (Å²) >= 11 is 0. The van der Waals surface area contributed by atoms with Crippen molar-refractivity contribution in [2.24, 2.45) is 4.99 Å². The molecule has 152 valence electrons. The molecule has 2 aromatic carbocycles. The fourth-order valence-electron chi connectivity index (χ4n) is 4.52. The SMILES string of the molecule is CC1(C)CC(C)(C)OB(c2ccc(C3CCC(c4c(F)cccc4F)=N3)cc2)O1. The fraction of sp³-hybridized carbons (Fsp3) is 0.435. The van der Waals surface area contributed by atoms with Gasteiger partial charge in [-0.2, -0.15) is 0 Å². The molecule has 2 aliphatic heterocycles. The summed E-state index contributed by atoms with van der Waals surface area (Å²) in [6.07, 6.45) is 2.11. The van der Waals surface area contributed by atoms with Crippen molar-refractivity contribution in [3.63, 3.8) is 0 Å². The van der Waals surface area contributed by atoms with Gasteiger partial charge in [0, 0.05) is 12.1 Å². The molecule has 1 unspecified atom stereocenters. The summed E-state index contributed by atoms with van der Waals surface area (Å²) in [6, 6.07) is 11.8. The molecule has 0 N–H and O–H groups in total. The van der Waals surface area contributed by atoms with Gasteiger partial charge < -0.3 is 9.31 Å². The molecule has 2 heterocycles. The Morgan fingerprint density at radius 3 is 2.10 bits per heavy atom. The number of hydrogen-bond acceptors (Lipinski definition) is 3. The van der Waals surface area contributed by atoms with Gasteiger partial charge in [-0.1, -0.05) is 30.3 Å². The Morgan fingerprint density at radius 1 is 0.931 bits per heavy atom. The number of aliphatic imine (C=N–C) groups is 1. The molecule has 3 nitrogen and oxygen atoms in total. The molecular weight excluding hydrogens is 371 g/mol. The molecule has 1 fully saturated rings. The Balaban J connectivity index is 1.54. The summed E-state index contributed by atoms with van der Waals surface area (Å²) in [5.41, 5.74) is 1.95. The van der Waals surface area contributed by atoms with E-state index in [-0.39, 0.29) is 22.8 Å². The molecule has 0 amide bonds. The van der Waals surface area contributed by atoms with Crippen LogP contribution in [-0.4, -0.2) is 24.0 Å². The van der Waals surface area contributed by atoms with Gasteiger partial charge in [-0.15, -0.1) is 0 Å². The average molecular weight is 397 g/mol. The number of hydrogen-bond donors (Lipinski definition) is 0. The second-order valence-electron chi connectivity index (χ2n) is 9.16. The Hall–Kier alpha value is -2.05. The van der Waals surface area contributed by atoms with Crippen LogP contribution in [0.5, 0.6) is 0 Å². The van der Waals surface area contributed by atoms with Gasteiger partial charge in [0.2, 0.25) is 0 Å². The van der Waals surface area contributed by atoms with E-state index in [1.54, 1.807) is 0 Å². The molecule has 2 aromatic rings. The summed E-state index contributed by atoms with van der Waals surface area (Å²) in [7, 11) is -0.419. The molecule has 1 saturated heterocycles. The second-order valence-corrected chi connectivity index (χ2v) is 9.16. The lowest BCUT2D eigenvalue weighted by molar-refractivity contribution is -0.0716. The quantitative estimate of drug-likeness (QED) is 0.685. The van der Waals surface area contributed by atoms with Crippen LogP contribution >= 0.6 is 0 Å². The van der Waals surface area contributed by atoms with Gasteiger partial charge in [0.05, 0.1) is 22.8 Å². The highest BCUT2D eigenvalue weighted by Gasteiger charge is 2.43. The molecule has 1 atom stereocenters. The van der Waals surface area contributed by atoms with Crippen molar-refractivity contribution in [3.8, 4) is 0 Å². The normalized spacial score (nSPS) is 23.2. The van der Waals surface area contributed by atoms with Crippen molar-refractivity contribution >= 4 is 18.3 Å². The molecular formula is C23H26BF2NO2. The Bertz CT molecular complexity index is 904. The predicted octanol–water partition coefficient (Wildman–Crippen LogP) is 4.98. The summed E-state index contributed by atoms with van der Waals surface area (Å²) in [6.45, 7) is 8.31. The van der Waals surface area contributed by atoms with E-state index < -0.39 is 18.8 Å². The minimum Gasteiger partial charge on any atom is -0.402 e. The highest BCUT2D eigenvalue weighted by Crippen LogP contribution is 2.34. The third kappa shape index (κ3) is 4.29. The van der Waals surface area contributed by atoms with Crippen LogP contribution in [0.15, 0.2) is 47.5 Å². The van der Waals surface area contributed by atoms with Crippen molar-refractivity contribution in [3.05, 3.63) is 65.2 Å². The van der Waals surface area contributed by atoms with Crippen molar-refractivity contribution in [1.29, 1.82) is 0 Å². The summed E-state index contributed by atoms with van der Waals surface area (Å²) < 4.78 is 40.4. The molecule has 0 radical (unpaired) electrons. The Kier molecular flexibility index (Phi) is 5.12. The zero-order valence-electron chi connectivity index (χ0n) is 17.3. The molecule has 0 saturated carbocycles. The Morgan fingerprint density at radius 2 is 1.52 bits per heavy atom. The standard InChI is InChI=1S/C23H26BF2NO2/c1-22(2)14-23(3,4)29-24(28-22)16-10-8-15(9-11-16)19-12-13-20(27-19)21-17(25)6-5-7-18(21)26/h5-11,19H,12-14H2,1-4H3. The van der Waals surface area contributed by atoms with Gasteiger partial charge in [0.15, 0.2) is 0 Å². The smallest absolute Gasteiger partial charge is 0.402 e. The molecule has 0 bridgehead atoms. The topological polar surface area (TPSA) is 30.8 Å². The van der Waals surface area contributed by atoms with Crippen LogP contribution in [-0.2, 0) is 9.31 Å². The van der Waals surface area contributed by atoms with Gasteiger partial charge in [0.25, 0.3) is 0 Å². The Labute approximate surface area is 171 Å². The van der Waals surface area contributed by atoms with Gasteiger partial charge in [-0.25, -0.2) is 8.78 Å². The lowest BCUT2D eigenvalue weighted by Gasteiger charge is -2.44. The van der Waals surface area contributed by atoms with Crippen molar-refractivity contribution in [2.75, 3.05) is 0 Å². The molecule has 4 rings (SSSR count). The maximum Gasteiger partial charge on any atom is 0.494 e. The van der Waals surface area contributed by atoms with E-state index in [4.69, 9.17) is 9.31 Å². The lowest BCUT2D eigenvalue weighted by atomic mass is 9.72. The maximum absolute atomic E-state index is 14.1. The van der Waals surface area contributed by atoms with Crippen LogP contribution in [0.2, 0.25) is 0 Å². The van der Waals surface area contributed by atoms with Crippen molar-refractivity contribution in [2.45, 2.75) is 64.2 Å².